The Kier molecular flexibility index (Phi) is 6.99. The zero-order valence-electron chi connectivity index (χ0n) is 19.3. The molecule has 0 unspecified atom stereocenters. The molecule has 0 saturated carbocycles. The molecule has 2 N–H and O–H groups in total. The molecule has 10 nitrogen and oxygen atoms in total. The lowest BCUT2D eigenvalue weighted by Crippen LogP contribution is -2.37. The van der Waals surface area contributed by atoms with Gasteiger partial charge in [0.05, 0.1) is 37.0 Å². The number of hydrogen-bond donors (Lipinski definition) is 2. The molecule has 0 bridgehead atoms. The van der Waals surface area contributed by atoms with Gasteiger partial charge in [0.15, 0.2) is 11.6 Å². The lowest BCUT2D eigenvalue weighted by Gasteiger charge is -2.27. The van der Waals surface area contributed by atoms with Crippen LogP contribution in [-0.4, -0.2) is 51.3 Å². The van der Waals surface area contributed by atoms with Gasteiger partial charge in [-0.1, -0.05) is 6.07 Å². The largest absolute Gasteiger partial charge is 0.508 e. The summed E-state index contributed by atoms with van der Waals surface area (Å²) in [6.07, 6.45) is 6.22. The van der Waals surface area contributed by atoms with Crippen molar-refractivity contribution in [2.45, 2.75) is 6.54 Å². The quantitative estimate of drug-likeness (QED) is 0.362. The van der Waals surface area contributed by atoms with Crippen molar-refractivity contribution in [3.63, 3.8) is 0 Å². The molecular formula is C25H23FN8O2. The Balaban J connectivity index is 1.22. The monoisotopic (exact) mass is 486 g/mol. The smallest absolute Gasteiger partial charge is 0.270 e. The van der Waals surface area contributed by atoms with E-state index in [9.17, 15) is 9.50 Å². The van der Waals surface area contributed by atoms with Gasteiger partial charge in [-0.05, 0) is 35.9 Å². The third-order valence-corrected chi connectivity index (χ3v) is 5.44. The molecule has 3 aromatic heterocycles. The van der Waals surface area contributed by atoms with Crippen molar-refractivity contribution in [1.82, 2.24) is 19.9 Å². The zero-order chi connectivity index (χ0) is 24.7. The maximum absolute atomic E-state index is 14.2. The van der Waals surface area contributed by atoms with Crippen LogP contribution < -0.4 is 10.2 Å². The van der Waals surface area contributed by atoms with Crippen molar-refractivity contribution >= 4 is 23.1 Å². The minimum absolute atomic E-state index is 0.0875. The molecule has 1 fully saturated rings. The van der Waals surface area contributed by atoms with Crippen molar-refractivity contribution in [2.75, 3.05) is 36.5 Å². The van der Waals surface area contributed by atoms with E-state index >= 15 is 0 Å². The minimum atomic E-state index is -0.500. The van der Waals surface area contributed by atoms with E-state index in [0.29, 0.717) is 37.7 Å². The Morgan fingerprint density at radius 2 is 1.89 bits per heavy atom. The number of anilines is 3. The van der Waals surface area contributed by atoms with Crippen LogP contribution >= 0.6 is 0 Å². The number of phenolic OH excluding ortho intramolecular Hbond substituents is 1. The first-order valence-electron chi connectivity index (χ1n) is 11.3. The second-order valence-electron chi connectivity index (χ2n) is 8.01. The average molecular weight is 487 g/mol. The fourth-order valence-electron chi connectivity index (χ4n) is 3.71. The predicted molar refractivity (Wildman–Crippen MR) is 132 cm³/mol. The Labute approximate surface area is 206 Å². The molecule has 1 saturated heterocycles. The van der Waals surface area contributed by atoms with Crippen LogP contribution in [0.3, 0.4) is 0 Å². The number of benzene rings is 1. The summed E-state index contributed by atoms with van der Waals surface area (Å²) < 4.78 is 19.5. The molecule has 182 valence electrons. The molecule has 0 radical (unpaired) electrons. The summed E-state index contributed by atoms with van der Waals surface area (Å²) in [6.45, 7) is 2.37. The number of nitrogens with zero attached hydrogens (tertiary/aromatic N) is 7. The Morgan fingerprint density at radius 1 is 1.00 bits per heavy atom. The maximum atomic E-state index is 14.2. The normalized spacial score (nSPS) is 13.8. The summed E-state index contributed by atoms with van der Waals surface area (Å²) >= 11 is 0. The molecule has 4 aromatic rings. The van der Waals surface area contributed by atoms with Gasteiger partial charge < -0.3 is 20.1 Å². The van der Waals surface area contributed by atoms with Crippen LogP contribution in [0.4, 0.5) is 27.5 Å². The van der Waals surface area contributed by atoms with Crippen molar-refractivity contribution < 1.29 is 14.2 Å². The SMILES string of the molecule is Oc1cc(Nc2ccc(CN=Nc3ncc(F)c(N4CCOCC4)n3)nc2)cc(-c2cccnc2)c1. The van der Waals surface area contributed by atoms with E-state index in [4.69, 9.17) is 4.74 Å². The number of morpholine rings is 1. The summed E-state index contributed by atoms with van der Waals surface area (Å²) in [5.41, 5.74) is 3.89. The number of ether oxygens (including phenoxy) is 1. The van der Waals surface area contributed by atoms with Crippen molar-refractivity contribution in [1.29, 1.82) is 0 Å². The molecule has 5 rings (SSSR count). The Hall–Kier alpha value is -4.51. The van der Waals surface area contributed by atoms with Gasteiger partial charge in [0.1, 0.15) is 12.3 Å². The van der Waals surface area contributed by atoms with Gasteiger partial charge in [-0.15, -0.1) is 5.11 Å². The number of azo groups is 1. The highest BCUT2D eigenvalue weighted by atomic mass is 19.1. The van der Waals surface area contributed by atoms with Crippen molar-refractivity contribution in [3.8, 4) is 16.9 Å². The van der Waals surface area contributed by atoms with Crippen LogP contribution in [0.15, 0.2) is 77.5 Å². The molecule has 0 amide bonds. The van der Waals surface area contributed by atoms with E-state index in [2.05, 4.69) is 35.5 Å². The zero-order valence-corrected chi connectivity index (χ0v) is 19.3. The highest BCUT2D eigenvalue weighted by Gasteiger charge is 2.17. The highest BCUT2D eigenvalue weighted by molar-refractivity contribution is 5.72. The summed E-state index contributed by atoms with van der Waals surface area (Å²) in [5.74, 6) is -0.0672. The first-order valence-corrected chi connectivity index (χ1v) is 11.3. The van der Waals surface area contributed by atoms with E-state index < -0.39 is 5.82 Å². The molecule has 36 heavy (non-hydrogen) atoms. The molecule has 0 spiro atoms. The second kappa shape index (κ2) is 10.8. The Bertz CT molecular complexity index is 1350. The fourth-order valence-corrected chi connectivity index (χ4v) is 3.71. The average Bonchev–Trinajstić information content (AvgIpc) is 2.91. The second-order valence-corrected chi connectivity index (χ2v) is 8.01. The van der Waals surface area contributed by atoms with Crippen LogP contribution in [0, 0.1) is 5.82 Å². The molecule has 1 aromatic carbocycles. The maximum Gasteiger partial charge on any atom is 0.270 e. The topological polar surface area (TPSA) is 121 Å². The number of nitrogens with one attached hydrogen (secondary N) is 1. The molecule has 1 aliphatic heterocycles. The minimum Gasteiger partial charge on any atom is -0.508 e. The molecule has 0 aliphatic carbocycles. The van der Waals surface area contributed by atoms with Gasteiger partial charge in [0, 0.05) is 42.8 Å². The summed E-state index contributed by atoms with van der Waals surface area (Å²) in [6, 6.07) is 12.7. The van der Waals surface area contributed by atoms with E-state index in [1.807, 2.05) is 30.3 Å². The lowest BCUT2D eigenvalue weighted by molar-refractivity contribution is 0.122. The fraction of sp³-hybridized carbons (Fsp3) is 0.200. The third-order valence-electron chi connectivity index (χ3n) is 5.44. The van der Waals surface area contributed by atoms with Crippen molar-refractivity contribution in [2.24, 2.45) is 10.2 Å². The summed E-state index contributed by atoms with van der Waals surface area (Å²) in [7, 11) is 0. The van der Waals surface area contributed by atoms with Crippen LogP contribution in [-0.2, 0) is 11.3 Å². The van der Waals surface area contributed by atoms with Gasteiger partial charge in [-0.3, -0.25) is 9.97 Å². The van der Waals surface area contributed by atoms with Crippen LogP contribution in [0.1, 0.15) is 5.69 Å². The number of hydrogen-bond acceptors (Lipinski definition) is 10. The van der Waals surface area contributed by atoms with Gasteiger partial charge in [0.25, 0.3) is 5.95 Å². The third kappa shape index (κ3) is 5.76. The number of aromatic hydroxyl groups is 1. The molecule has 0 atom stereocenters. The van der Waals surface area contributed by atoms with Gasteiger partial charge in [-0.25, -0.2) is 9.37 Å². The predicted octanol–water partition coefficient (Wildman–Crippen LogP) is 4.64. The lowest BCUT2D eigenvalue weighted by atomic mass is 10.1. The standard InChI is InChI=1S/C25H23FN8O2/c26-23-16-29-25(32-24(23)34-6-8-36-9-7-34)33-30-15-19-3-4-20(14-28-19)31-21-10-18(11-22(35)12-21)17-2-1-5-27-13-17/h1-5,10-14,16,31,35H,6-9,15H2. The van der Waals surface area contributed by atoms with E-state index in [1.54, 1.807) is 35.6 Å². The van der Waals surface area contributed by atoms with Gasteiger partial charge in [0.2, 0.25) is 0 Å². The van der Waals surface area contributed by atoms with Crippen molar-refractivity contribution in [3.05, 3.63) is 78.8 Å². The first kappa shape index (κ1) is 23.2. The number of aromatic nitrogens is 4. The van der Waals surface area contributed by atoms with Gasteiger partial charge in [-0.2, -0.15) is 10.1 Å². The number of phenols is 1. The molecule has 4 heterocycles. The first-order chi connectivity index (χ1) is 17.6. The van der Waals surface area contributed by atoms with E-state index in [0.717, 1.165) is 23.0 Å². The molecular weight excluding hydrogens is 463 g/mol. The highest BCUT2D eigenvalue weighted by Crippen LogP contribution is 2.29. The van der Waals surface area contributed by atoms with E-state index in [-0.39, 0.29) is 24.1 Å². The number of halogens is 1. The van der Waals surface area contributed by atoms with E-state index in [1.165, 1.54) is 0 Å². The molecule has 1 aliphatic rings. The summed E-state index contributed by atoms with van der Waals surface area (Å²) in [4.78, 5) is 18.4. The number of rotatable bonds is 7. The van der Waals surface area contributed by atoms with Crippen LogP contribution in [0.5, 0.6) is 5.75 Å². The van der Waals surface area contributed by atoms with Crippen LogP contribution in [0.25, 0.3) is 11.1 Å². The number of pyridine rings is 2. The van der Waals surface area contributed by atoms with Crippen LogP contribution in [0.2, 0.25) is 0 Å². The molecule has 11 heteroatoms. The Morgan fingerprint density at radius 3 is 2.67 bits per heavy atom. The van der Waals surface area contributed by atoms with Gasteiger partial charge >= 0.3 is 0 Å². The summed E-state index contributed by atoms with van der Waals surface area (Å²) in [5, 5.41) is 21.5.